The molecule has 0 bridgehead atoms. The van der Waals surface area contributed by atoms with Crippen molar-refractivity contribution in [2.45, 2.75) is 19.3 Å². The molecule has 5 nitrogen and oxygen atoms in total. The van der Waals surface area contributed by atoms with Crippen molar-refractivity contribution in [3.63, 3.8) is 0 Å². The first-order valence-electron chi connectivity index (χ1n) is 8.39. The van der Waals surface area contributed by atoms with Crippen LogP contribution < -0.4 is 0 Å². The summed E-state index contributed by atoms with van der Waals surface area (Å²) in [5.41, 5.74) is 0.0822. The van der Waals surface area contributed by atoms with Crippen LogP contribution >= 0.6 is 11.6 Å². The van der Waals surface area contributed by atoms with E-state index in [1.54, 1.807) is 24.1 Å². The Morgan fingerprint density at radius 3 is 2.83 bits per heavy atom. The highest BCUT2D eigenvalue weighted by atomic mass is 35.5. The number of likely N-dealkylation sites (tertiary alicyclic amines) is 2. The van der Waals surface area contributed by atoms with E-state index >= 15 is 0 Å². The first-order valence-corrected chi connectivity index (χ1v) is 8.77. The topological polar surface area (TPSA) is 49.9 Å². The summed E-state index contributed by atoms with van der Waals surface area (Å²) in [7, 11) is 1.64. The van der Waals surface area contributed by atoms with E-state index in [1.807, 2.05) is 17.0 Å². The average molecular weight is 351 g/mol. The van der Waals surface area contributed by atoms with Crippen molar-refractivity contribution in [2.24, 2.45) is 5.41 Å². The number of hydrogen-bond donors (Lipinski definition) is 0. The van der Waals surface area contributed by atoms with Crippen LogP contribution in [-0.4, -0.2) is 61.5 Å². The molecule has 2 fully saturated rings. The number of piperidine rings is 1. The minimum Gasteiger partial charge on any atom is -0.383 e. The van der Waals surface area contributed by atoms with Gasteiger partial charge < -0.3 is 14.5 Å². The fourth-order valence-electron chi connectivity index (χ4n) is 3.80. The molecule has 0 unspecified atom stereocenters. The van der Waals surface area contributed by atoms with Crippen LogP contribution in [0, 0.1) is 5.41 Å². The first-order chi connectivity index (χ1) is 11.6. The number of ether oxygens (including phenoxy) is 1. The van der Waals surface area contributed by atoms with Gasteiger partial charge in [0.05, 0.1) is 22.6 Å². The van der Waals surface area contributed by atoms with E-state index in [4.69, 9.17) is 16.3 Å². The van der Waals surface area contributed by atoms with Gasteiger partial charge in [0.1, 0.15) is 0 Å². The SMILES string of the molecule is COCCN1CCC[C@@]2(CCN(C(=O)c3ccccc3Cl)C2)C1=O. The minimum absolute atomic E-state index is 0.0840. The Hall–Kier alpha value is -1.59. The second kappa shape index (κ2) is 7.11. The summed E-state index contributed by atoms with van der Waals surface area (Å²) < 4.78 is 5.10. The number of nitrogens with zero attached hydrogens (tertiary/aromatic N) is 2. The number of halogens is 1. The van der Waals surface area contributed by atoms with Crippen LogP contribution in [0.3, 0.4) is 0 Å². The van der Waals surface area contributed by atoms with Crippen LogP contribution in [0.5, 0.6) is 0 Å². The third-order valence-electron chi connectivity index (χ3n) is 5.13. The Bertz CT molecular complexity index is 636. The summed E-state index contributed by atoms with van der Waals surface area (Å²) in [6.07, 6.45) is 2.55. The zero-order chi connectivity index (χ0) is 17.2. The third-order valence-corrected chi connectivity index (χ3v) is 5.46. The van der Waals surface area contributed by atoms with E-state index < -0.39 is 5.41 Å². The van der Waals surface area contributed by atoms with E-state index in [9.17, 15) is 9.59 Å². The molecule has 6 heteroatoms. The molecule has 1 aromatic carbocycles. The molecule has 0 aromatic heterocycles. The van der Waals surface area contributed by atoms with Gasteiger partial charge in [0.15, 0.2) is 0 Å². The quantitative estimate of drug-likeness (QED) is 0.838. The third kappa shape index (κ3) is 3.15. The van der Waals surface area contributed by atoms with Gasteiger partial charge in [0.2, 0.25) is 5.91 Å². The van der Waals surface area contributed by atoms with Gasteiger partial charge >= 0.3 is 0 Å². The fourth-order valence-corrected chi connectivity index (χ4v) is 4.01. The lowest BCUT2D eigenvalue weighted by molar-refractivity contribution is -0.146. The number of carbonyl (C=O) groups is 2. The van der Waals surface area contributed by atoms with Gasteiger partial charge in [-0.05, 0) is 31.4 Å². The summed E-state index contributed by atoms with van der Waals surface area (Å²) in [6.45, 7) is 3.04. The molecule has 2 amide bonds. The number of hydrogen-bond acceptors (Lipinski definition) is 3. The summed E-state index contributed by atoms with van der Waals surface area (Å²) in [5, 5.41) is 0.458. The molecule has 3 rings (SSSR count). The Morgan fingerprint density at radius 1 is 1.29 bits per heavy atom. The Kier molecular flexibility index (Phi) is 5.11. The smallest absolute Gasteiger partial charge is 0.255 e. The highest BCUT2D eigenvalue weighted by molar-refractivity contribution is 6.33. The molecule has 2 saturated heterocycles. The fraction of sp³-hybridized carbons (Fsp3) is 0.556. The van der Waals surface area contributed by atoms with Crippen molar-refractivity contribution < 1.29 is 14.3 Å². The highest BCUT2D eigenvalue weighted by Crippen LogP contribution is 2.40. The van der Waals surface area contributed by atoms with Crippen molar-refractivity contribution in [2.75, 3.05) is 39.9 Å². The Morgan fingerprint density at radius 2 is 2.08 bits per heavy atom. The van der Waals surface area contributed by atoms with E-state index in [0.717, 1.165) is 25.8 Å². The monoisotopic (exact) mass is 350 g/mol. The number of methoxy groups -OCH3 is 1. The van der Waals surface area contributed by atoms with E-state index in [-0.39, 0.29) is 11.8 Å². The Labute approximate surface area is 147 Å². The summed E-state index contributed by atoms with van der Waals surface area (Å²) >= 11 is 6.15. The van der Waals surface area contributed by atoms with Crippen LogP contribution in [0.25, 0.3) is 0 Å². The standard InChI is InChI=1S/C18H23ClN2O3/c1-24-12-11-20-9-4-7-18(17(20)23)8-10-21(13-18)16(22)14-5-2-3-6-15(14)19/h2-3,5-6H,4,7-13H2,1H3/t18-/m0/s1. The van der Waals surface area contributed by atoms with Crippen LogP contribution in [0.4, 0.5) is 0 Å². The predicted molar refractivity (Wildman–Crippen MR) is 92.1 cm³/mol. The zero-order valence-corrected chi connectivity index (χ0v) is 14.7. The lowest BCUT2D eigenvalue weighted by Crippen LogP contribution is -2.51. The molecule has 0 saturated carbocycles. The molecule has 1 aromatic rings. The molecule has 2 aliphatic heterocycles. The predicted octanol–water partition coefficient (Wildman–Crippen LogP) is 2.44. The second-order valence-corrected chi connectivity index (χ2v) is 7.03. The molecule has 1 atom stereocenters. The molecular formula is C18H23ClN2O3. The number of rotatable bonds is 4. The first kappa shape index (κ1) is 17.2. The molecule has 130 valence electrons. The molecule has 24 heavy (non-hydrogen) atoms. The Balaban J connectivity index is 1.73. The highest BCUT2D eigenvalue weighted by Gasteiger charge is 2.49. The summed E-state index contributed by atoms with van der Waals surface area (Å²) in [5.74, 6) is 0.0829. The molecule has 0 N–H and O–H groups in total. The van der Waals surface area contributed by atoms with Crippen LogP contribution in [0.15, 0.2) is 24.3 Å². The van der Waals surface area contributed by atoms with Crippen molar-refractivity contribution in [1.29, 1.82) is 0 Å². The van der Waals surface area contributed by atoms with Crippen molar-refractivity contribution in [3.05, 3.63) is 34.9 Å². The number of benzene rings is 1. The van der Waals surface area contributed by atoms with Crippen LogP contribution in [0.2, 0.25) is 5.02 Å². The molecule has 2 heterocycles. The van der Waals surface area contributed by atoms with Gasteiger partial charge in [0.25, 0.3) is 5.91 Å². The van der Waals surface area contributed by atoms with Gasteiger partial charge in [-0.25, -0.2) is 0 Å². The molecule has 1 spiro atoms. The molecular weight excluding hydrogens is 328 g/mol. The summed E-state index contributed by atoms with van der Waals surface area (Å²) in [4.78, 5) is 29.3. The molecule has 0 radical (unpaired) electrons. The maximum Gasteiger partial charge on any atom is 0.255 e. The maximum atomic E-state index is 12.9. The maximum absolute atomic E-state index is 12.9. The largest absolute Gasteiger partial charge is 0.383 e. The number of amides is 2. The lowest BCUT2D eigenvalue weighted by Gasteiger charge is -2.39. The van der Waals surface area contributed by atoms with Gasteiger partial charge in [-0.1, -0.05) is 23.7 Å². The van der Waals surface area contributed by atoms with Gasteiger partial charge in [-0.15, -0.1) is 0 Å². The summed E-state index contributed by atoms with van der Waals surface area (Å²) in [6, 6.07) is 7.08. The zero-order valence-electron chi connectivity index (χ0n) is 14.0. The van der Waals surface area contributed by atoms with Crippen LogP contribution in [0.1, 0.15) is 29.6 Å². The van der Waals surface area contributed by atoms with E-state index in [2.05, 4.69) is 0 Å². The lowest BCUT2D eigenvalue weighted by atomic mass is 9.78. The second-order valence-electron chi connectivity index (χ2n) is 6.63. The average Bonchev–Trinajstić information content (AvgIpc) is 3.01. The van der Waals surface area contributed by atoms with Crippen LogP contribution in [-0.2, 0) is 9.53 Å². The van der Waals surface area contributed by atoms with E-state index in [1.165, 1.54) is 0 Å². The normalized spacial score (nSPS) is 24.0. The van der Waals surface area contributed by atoms with Gasteiger partial charge in [-0.2, -0.15) is 0 Å². The number of carbonyl (C=O) groups excluding carboxylic acids is 2. The van der Waals surface area contributed by atoms with Gasteiger partial charge in [-0.3, -0.25) is 9.59 Å². The van der Waals surface area contributed by atoms with Crippen molar-refractivity contribution >= 4 is 23.4 Å². The van der Waals surface area contributed by atoms with Crippen molar-refractivity contribution in [1.82, 2.24) is 9.80 Å². The molecule has 2 aliphatic rings. The minimum atomic E-state index is -0.428. The van der Waals surface area contributed by atoms with Crippen molar-refractivity contribution in [3.8, 4) is 0 Å². The molecule has 0 aliphatic carbocycles. The van der Waals surface area contributed by atoms with E-state index in [0.29, 0.717) is 36.8 Å². The van der Waals surface area contributed by atoms with Gasteiger partial charge in [0, 0.05) is 33.3 Å².